The molecule has 118 valence electrons. The second-order valence-electron chi connectivity index (χ2n) is 7.94. The fourth-order valence-corrected chi connectivity index (χ4v) is 2.64. The third kappa shape index (κ3) is 3.11. The molecular weight excluding hydrogens is 288 g/mol. The van der Waals surface area contributed by atoms with Crippen molar-refractivity contribution in [1.29, 1.82) is 0 Å². The largest absolute Gasteiger partial charge is 0.286 e. The molecule has 1 aliphatic heterocycles. The molecule has 0 unspecified atom stereocenters. The molecule has 0 aromatic heterocycles. The maximum Gasteiger partial charge on any atom is 0.156 e. The van der Waals surface area contributed by atoms with Gasteiger partial charge in [-0.25, -0.2) is 5.06 Å². The highest BCUT2D eigenvalue weighted by atomic mass is 28.3. The van der Waals surface area contributed by atoms with Crippen LogP contribution in [0.4, 0.5) is 0 Å². The summed E-state index contributed by atoms with van der Waals surface area (Å²) in [5.41, 5.74) is 4.51. The molecule has 1 aromatic carbocycles. The van der Waals surface area contributed by atoms with Gasteiger partial charge in [0.2, 0.25) is 0 Å². The van der Waals surface area contributed by atoms with Crippen LogP contribution in [-0.4, -0.2) is 35.3 Å². The Morgan fingerprint density at radius 3 is 2.00 bits per heavy atom. The minimum atomic E-state index is -1.36. The molecule has 1 heterocycles. The van der Waals surface area contributed by atoms with Crippen LogP contribution in [0.25, 0.3) is 0 Å². The second-order valence-corrected chi connectivity index (χ2v) is 12.7. The molecule has 0 fully saturated rings. The third-order valence-corrected chi connectivity index (χ3v) is 5.21. The molecule has 3 nitrogen and oxygen atoms in total. The number of rotatable bonds is 1. The summed E-state index contributed by atoms with van der Waals surface area (Å²) in [7, 11) is -1.36. The normalized spacial score (nSPS) is 19.5. The molecule has 0 amide bonds. The minimum Gasteiger partial charge on any atom is -0.286 e. The number of hydrogen-bond donors (Lipinski definition) is 1. The first-order valence-electron chi connectivity index (χ1n) is 7.67. The van der Waals surface area contributed by atoms with Crippen molar-refractivity contribution in [3.05, 3.63) is 35.4 Å². The van der Waals surface area contributed by atoms with Crippen molar-refractivity contribution in [2.45, 2.75) is 58.4 Å². The Morgan fingerprint density at radius 1 is 1.05 bits per heavy atom. The first kappa shape index (κ1) is 16.8. The zero-order valence-corrected chi connectivity index (χ0v) is 15.7. The van der Waals surface area contributed by atoms with Crippen molar-refractivity contribution in [3.8, 4) is 11.5 Å². The van der Waals surface area contributed by atoms with Crippen molar-refractivity contribution < 1.29 is 5.21 Å². The average Bonchev–Trinajstić information content (AvgIpc) is 2.56. The molecular formula is C18H26N2OSi. The SMILES string of the molecule is CC1(C)N=C(c2ccc(C#C[Si](C)(C)C)cc2)N(O)C1(C)C. The van der Waals surface area contributed by atoms with E-state index in [9.17, 15) is 5.21 Å². The smallest absolute Gasteiger partial charge is 0.156 e. The van der Waals surface area contributed by atoms with Gasteiger partial charge in [-0.05, 0) is 52.0 Å². The van der Waals surface area contributed by atoms with Crippen LogP contribution in [0.2, 0.25) is 19.6 Å². The summed E-state index contributed by atoms with van der Waals surface area (Å²) < 4.78 is 0. The van der Waals surface area contributed by atoms with Gasteiger partial charge < -0.3 is 0 Å². The number of hydroxylamine groups is 2. The predicted molar refractivity (Wildman–Crippen MR) is 95.0 cm³/mol. The maximum absolute atomic E-state index is 10.5. The lowest BCUT2D eigenvalue weighted by Crippen LogP contribution is -2.51. The van der Waals surface area contributed by atoms with Crippen LogP contribution in [0.1, 0.15) is 38.8 Å². The highest BCUT2D eigenvalue weighted by Crippen LogP contribution is 2.37. The monoisotopic (exact) mass is 314 g/mol. The van der Waals surface area contributed by atoms with Gasteiger partial charge in [0.05, 0.1) is 11.1 Å². The zero-order chi connectivity index (χ0) is 16.8. The molecule has 4 heteroatoms. The van der Waals surface area contributed by atoms with E-state index in [0.29, 0.717) is 5.84 Å². The van der Waals surface area contributed by atoms with Crippen LogP contribution in [0.5, 0.6) is 0 Å². The Kier molecular flexibility index (Phi) is 4.01. The first-order chi connectivity index (χ1) is 9.94. The van der Waals surface area contributed by atoms with E-state index >= 15 is 0 Å². The lowest BCUT2D eigenvalue weighted by atomic mass is 9.84. The van der Waals surface area contributed by atoms with E-state index < -0.39 is 13.6 Å². The molecule has 0 radical (unpaired) electrons. The van der Waals surface area contributed by atoms with Crippen molar-refractivity contribution in [1.82, 2.24) is 5.06 Å². The van der Waals surface area contributed by atoms with Gasteiger partial charge in [0, 0.05) is 11.1 Å². The maximum atomic E-state index is 10.5. The lowest BCUT2D eigenvalue weighted by Gasteiger charge is -2.36. The molecule has 0 atom stereocenters. The summed E-state index contributed by atoms with van der Waals surface area (Å²) in [5, 5.41) is 11.8. The molecule has 0 aliphatic carbocycles. The average molecular weight is 315 g/mol. The van der Waals surface area contributed by atoms with E-state index in [4.69, 9.17) is 4.99 Å². The van der Waals surface area contributed by atoms with Crippen molar-refractivity contribution in [2.75, 3.05) is 0 Å². The lowest BCUT2D eigenvalue weighted by molar-refractivity contribution is -0.0992. The number of nitrogens with zero attached hydrogens (tertiary/aromatic N) is 2. The number of aliphatic imine (C=N–C) groups is 1. The highest BCUT2D eigenvalue weighted by molar-refractivity contribution is 6.83. The molecule has 0 saturated heterocycles. The van der Waals surface area contributed by atoms with Gasteiger partial charge in [-0.2, -0.15) is 0 Å². The molecule has 1 N–H and O–H groups in total. The Labute approximate surface area is 135 Å². The van der Waals surface area contributed by atoms with Crippen molar-refractivity contribution in [2.24, 2.45) is 4.99 Å². The van der Waals surface area contributed by atoms with Gasteiger partial charge >= 0.3 is 0 Å². The summed E-state index contributed by atoms with van der Waals surface area (Å²) >= 11 is 0. The molecule has 0 bridgehead atoms. The van der Waals surface area contributed by atoms with Gasteiger partial charge in [-0.3, -0.25) is 10.2 Å². The summed E-state index contributed by atoms with van der Waals surface area (Å²) in [6, 6.07) is 7.95. The van der Waals surface area contributed by atoms with Crippen LogP contribution in [0, 0.1) is 11.5 Å². The molecule has 0 spiro atoms. The van der Waals surface area contributed by atoms with Gasteiger partial charge in [0.15, 0.2) is 5.84 Å². The number of hydrogen-bond acceptors (Lipinski definition) is 3. The zero-order valence-electron chi connectivity index (χ0n) is 14.7. The van der Waals surface area contributed by atoms with Crippen molar-refractivity contribution >= 4 is 13.9 Å². The predicted octanol–water partition coefficient (Wildman–Crippen LogP) is 3.92. The Morgan fingerprint density at radius 2 is 1.59 bits per heavy atom. The van der Waals surface area contributed by atoms with Crippen LogP contribution >= 0.6 is 0 Å². The van der Waals surface area contributed by atoms with Crippen molar-refractivity contribution in [3.63, 3.8) is 0 Å². The van der Waals surface area contributed by atoms with E-state index in [-0.39, 0.29) is 5.54 Å². The van der Waals surface area contributed by atoms with Gasteiger partial charge in [-0.15, -0.1) is 5.54 Å². The first-order valence-corrected chi connectivity index (χ1v) is 11.2. The number of amidine groups is 1. The van der Waals surface area contributed by atoms with Crippen LogP contribution in [0.15, 0.2) is 29.3 Å². The highest BCUT2D eigenvalue weighted by Gasteiger charge is 2.49. The molecule has 0 saturated carbocycles. The molecule has 1 aliphatic rings. The minimum absolute atomic E-state index is 0.340. The fraction of sp³-hybridized carbons (Fsp3) is 0.500. The van der Waals surface area contributed by atoms with Gasteiger partial charge in [0.25, 0.3) is 0 Å². The molecule has 1 aromatic rings. The van der Waals surface area contributed by atoms with E-state index in [2.05, 4.69) is 31.1 Å². The van der Waals surface area contributed by atoms with Gasteiger partial charge in [0.1, 0.15) is 8.07 Å². The standard InChI is InChI=1S/C18H26N2OSi/c1-17(2)18(3,4)20(21)16(19-17)15-10-8-14(9-11-15)12-13-22(5,6)7/h8-11,21H,1-7H3. The summed E-state index contributed by atoms with van der Waals surface area (Å²) in [6.07, 6.45) is 0. The van der Waals surface area contributed by atoms with Crippen LogP contribution in [0.3, 0.4) is 0 Å². The molecule has 2 rings (SSSR count). The molecule has 22 heavy (non-hydrogen) atoms. The van der Waals surface area contributed by atoms with Gasteiger partial charge in [-0.1, -0.05) is 25.6 Å². The third-order valence-electron chi connectivity index (χ3n) is 4.34. The fourth-order valence-electron chi connectivity index (χ4n) is 2.12. The Bertz CT molecular complexity index is 655. The van der Waals surface area contributed by atoms with Crippen LogP contribution < -0.4 is 0 Å². The quantitative estimate of drug-likeness (QED) is 0.630. The Hall–Kier alpha value is -1.57. The van der Waals surface area contributed by atoms with E-state index in [1.807, 2.05) is 52.0 Å². The van der Waals surface area contributed by atoms with E-state index in [1.54, 1.807) is 0 Å². The summed E-state index contributed by atoms with van der Waals surface area (Å²) in [4.78, 5) is 4.70. The Balaban J connectivity index is 2.31. The topological polar surface area (TPSA) is 35.8 Å². The second kappa shape index (κ2) is 5.26. The van der Waals surface area contributed by atoms with E-state index in [1.165, 1.54) is 5.06 Å². The van der Waals surface area contributed by atoms with Crippen LogP contribution in [-0.2, 0) is 0 Å². The number of benzene rings is 1. The van der Waals surface area contributed by atoms with E-state index in [0.717, 1.165) is 11.1 Å². The summed E-state index contributed by atoms with van der Waals surface area (Å²) in [6.45, 7) is 14.8. The summed E-state index contributed by atoms with van der Waals surface area (Å²) in [5.74, 6) is 3.87.